The molecule has 0 saturated heterocycles. The number of rotatable bonds is 7. The van der Waals surface area contributed by atoms with Crippen LogP contribution in [0.3, 0.4) is 0 Å². The summed E-state index contributed by atoms with van der Waals surface area (Å²) in [5, 5.41) is 2.62. The Kier molecular flexibility index (Phi) is 7.18. The number of urea groups is 1. The van der Waals surface area contributed by atoms with E-state index in [-0.39, 0.29) is 12.2 Å². The normalized spacial score (nSPS) is 10.7. The van der Waals surface area contributed by atoms with Gasteiger partial charge < -0.3 is 15.0 Å². The summed E-state index contributed by atoms with van der Waals surface area (Å²) >= 11 is 0. The summed E-state index contributed by atoms with van der Waals surface area (Å²) in [4.78, 5) is 15.2. The molecule has 0 fully saturated rings. The molecule has 4 nitrogen and oxygen atoms in total. The van der Waals surface area contributed by atoms with Gasteiger partial charge in [-0.1, -0.05) is 72.8 Å². The van der Waals surface area contributed by atoms with E-state index in [0.29, 0.717) is 5.75 Å². The van der Waals surface area contributed by atoms with Crippen LogP contribution in [0.25, 0.3) is 0 Å². The molecule has 0 aliphatic rings. The van der Waals surface area contributed by atoms with Crippen molar-refractivity contribution in [3.8, 4) is 5.75 Å². The van der Waals surface area contributed by atoms with Crippen molar-refractivity contribution in [2.24, 2.45) is 0 Å². The quantitative estimate of drug-likeness (QED) is 0.331. The fraction of sp³-hybridized carbons (Fsp3) is 0.107. The Bertz CT molecular complexity index is 1190. The lowest BCUT2D eigenvalue weighted by atomic mass is 9.96. The number of methoxy groups -OCH3 is 1. The number of hydrogen-bond donors (Lipinski definition) is 1. The minimum absolute atomic E-state index is 0.0917. The number of ether oxygens (including phenoxy) is 1. The Labute approximate surface area is 197 Å². The number of hydrogen-bond acceptors (Lipinski definition) is 2. The predicted molar refractivity (Wildman–Crippen MR) is 129 cm³/mol. The van der Waals surface area contributed by atoms with Crippen LogP contribution in [0.2, 0.25) is 0 Å². The van der Waals surface area contributed by atoms with E-state index in [2.05, 4.69) is 5.32 Å². The van der Waals surface area contributed by atoms with Crippen molar-refractivity contribution in [2.45, 2.75) is 12.6 Å². The predicted octanol–water partition coefficient (Wildman–Crippen LogP) is 6.80. The summed E-state index contributed by atoms with van der Waals surface area (Å²) in [7, 11) is 1.59. The first-order chi connectivity index (χ1) is 16.5. The Morgan fingerprint density at radius 2 is 1.44 bits per heavy atom. The van der Waals surface area contributed by atoms with E-state index in [1.165, 1.54) is 6.07 Å². The number of amides is 2. The topological polar surface area (TPSA) is 41.6 Å². The summed E-state index contributed by atoms with van der Waals surface area (Å²) in [6.07, 6.45) is 0. The van der Waals surface area contributed by atoms with E-state index in [0.717, 1.165) is 28.8 Å². The molecule has 0 unspecified atom stereocenters. The number of benzene rings is 4. The first-order valence-electron chi connectivity index (χ1n) is 10.8. The molecule has 6 heteroatoms. The standard InChI is InChI=1S/C28H24F2N2O2/c1-34-24-15-12-20(13-16-24)19-32(28(33)31-26-17-14-23(29)18-25(26)30)27(21-8-4-2-5-9-21)22-10-6-3-7-11-22/h2-18,27H,19H2,1H3,(H,31,33). The van der Waals surface area contributed by atoms with Crippen molar-refractivity contribution in [3.63, 3.8) is 0 Å². The first kappa shape index (κ1) is 23.0. The lowest BCUT2D eigenvalue weighted by Gasteiger charge is -2.33. The van der Waals surface area contributed by atoms with E-state index in [1.54, 1.807) is 12.0 Å². The fourth-order valence-corrected chi connectivity index (χ4v) is 3.81. The van der Waals surface area contributed by atoms with Crippen molar-refractivity contribution in [1.82, 2.24) is 4.90 Å². The molecule has 0 heterocycles. The average Bonchev–Trinajstić information content (AvgIpc) is 2.87. The molecule has 0 atom stereocenters. The SMILES string of the molecule is COc1ccc(CN(C(=O)Nc2ccc(F)cc2F)C(c2ccccc2)c2ccccc2)cc1. The summed E-state index contributed by atoms with van der Waals surface area (Å²) < 4.78 is 33.0. The lowest BCUT2D eigenvalue weighted by molar-refractivity contribution is 0.194. The molecule has 4 aromatic carbocycles. The maximum Gasteiger partial charge on any atom is 0.323 e. The van der Waals surface area contributed by atoms with Crippen LogP contribution in [0.5, 0.6) is 5.75 Å². The maximum absolute atomic E-state index is 14.3. The summed E-state index contributed by atoms with van der Waals surface area (Å²) in [6.45, 7) is 0.243. The Balaban J connectivity index is 1.76. The van der Waals surface area contributed by atoms with Crippen LogP contribution in [0.4, 0.5) is 19.3 Å². The minimum Gasteiger partial charge on any atom is -0.497 e. The van der Waals surface area contributed by atoms with Crippen molar-refractivity contribution in [1.29, 1.82) is 0 Å². The van der Waals surface area contributed by atoms with Crippen molar-refractivity contribution < 1.29 is 18.3 Å². The van der Waals surface area contributed by atoms with E-state index >= 15 is 0 Å². The number of nitrogens with one attached hydrogen (secondary N) is 1. The molecule has 1 N–H and O–H groups in total. The molecular formula is C28H24F2N2O2. The van der Waals surface area contributed by atoms with Crippen LogP contribution in [0.1, 0.15) is 22.7 Å². The zero-order chi connectivity index (χ0) is 23.9. The van der Waals surface area contributed by atoms with Gasteiger partial charge in [-0.3, -0.25) is 0 Å². The monoisotopic (exact) mass is 458 g/mol. The Morgan fingerprint density at radius 3 is 1.97 bits per heavy atom. The highest BCUT2D eigenvalue weighted by Crippen LogP contribution is 2.31. The van der Waals surface area contributed by atoms with Crippen LogP contribution in [0.15, 0.2) is 103 Å². The van der Waals surface area contributed by atoms with Gasteiger partial charge in [0, 0.05) is 12.6 Å². The van der Waals surface area contributed by atoms with Crippen LogP contribution >= 0.6 is 0 Å². The van der Waals surface area contributed by atoms with Gasteiger partial charge in [0.1, 0.15) is 17.4 Å². The van der Waals surface area contributed by atoms with Gasteiger partial charge in [0.05, 0.1) is 18.8 Å². The third kappa shape index (κ3) is 5.41. The van der Waals surface area contributed by atoms with Gasteiger partial charge in [-0.15, -0.1) is 0 Å². The van der Waals surface area contributed by atoms with E-state index in [1.807, 2.05) is 84.9 Å². The summed E-state index contributed by atoms with van der Waals surface area (Å²) in [5.74, 6) is -0.846. The van der Waals surface area contributed by atoms with Crippen LogP contribution in [0, 0.1) is 11.6 Å². The number of carbonyl (C=O) groups is 1. The van der Waals surface area contributed by atoms with Gasteiger partial charge in [0.2, 0.25) is 0 Å². The van der Waals surface area contributed by atoms with E-state index < -0.39 is 23.7 Å². The summed E-state index contributed by atoms with van der Waals surface area (Å²) in [5.41, 5.74) is 2.58. The lowest BCUT2D eigenvalue weighted by Crippen LogP contribution is -2.38. The number of halogens is 2. The van der Waals surface area contributed by atoms with Crippen molar-refractivity contribution in [3.05, 3.63) is 131 Å². The third-order valence-corrected chi connectivity index (χ3v) is 5.49. The number of carbonyl (C=O) groups excluding carboxylic acids is 1. The van der Waals surface area contributed by atoms with Gasteiger partial charge in [0.15, 0.2) is 0 Å². The van der Waals surface area contributed by atoms with Crippen molar-refractivity contribution >= 4 is 11.7 Å². The van der Waals surface area contributed by atoms with E-state index in [4.69, 9.17) is 4.74 Å². The average molecular weight is 459 g/mol. The molecule has 0 saturated carbocycles. The number of nitrogens with zero attached hydrogens (tertiary/aromatic N) is 1. The fourth-order valence-electron chi connectivity index (χ4n) is 3.81. The Hall–Kier alpha value is -4.19. The van der Waals surface area contributed by atoms with Crippen LogP contribution in [-0.2, 0) is 6.54 Å². The maximum atomic E-state index is 14.3. The molecule has 0 aliphatic carbocycles. The van der Waals surface area contributed by atoms with Crippen LogP contribution < -0.4 is 10.1 Å². The van der Waals surface area contributed by atoms with Gasteiger partial charge >= 0.3 is 6.03 Å². The molecule has 172 valence electrons. The third-order valence-electron chi connectivity index (χ3n) is 5.49. The molecule has 0 aromatic heterocycles. The molecule has 4 rings (SSSR count). The van der Waals surface area contributed by atoms with Gasteiger partial charge in [-0.05, 0) is 41.0 Å². The minimum atomic E-state index is -0.839. The molecular weight excluding hydrogens is 434 g/mol. The molecule has 2 amide bonds. The molecule has 4 aromatic rings. The molecule has 0 aliphatic heterocycles. The smallest absolute Gasteiger partial charge is 0.323 e. The zero-order valence-corrected chi connectivity index (χ0v) is 18.6. The second-order valence-corrected chi connectivity index (χ2v) is 7.75. The highest BCUT2D eigenvalue weighted by Gasteiger charge is 2.27. The van der Waals surface area contributed by atoms with Crippen molar-refractivity contribution in [2.75, 3.05) is 12.4 Å². The second-order valence-electron chi connectivity index (χ2n) is 7.75. The van der Waals surface area contributed by atoms with E-state index in [9.17, 15) is 13.6 Å². The summed E-state index contributed by atoms with van der Waals surface area (Å²) in [6, 6.07) is 28.8. The Morgan fingerprint density at radius 1 is 0.853 bits per heavy atom. The van der Waals surface area contributed by atoms with Gasteiger partial charge in [-0.25, -0.2) is 13.6 Å². The molecule has 34 heavy (non-hydrogen) atoms. The van der Waals surface area contributed by atoms with Gasteiger partial charge in [0.25, 0.3) is 0 Å². The van der Waals surface area contributed by atoms with Gasteiger partial charge in [-0.2, -0.15) is 0 Å². The largest absolute Gasteiger partial charge is 0.497 e. The highest BCUT2D eigenvalue weighted by molar-refractivity contribution is 5.90. The van der Waals surface area contributed by atoms with Crippen LogP contribution in [-0.4, -0.2) is 18.0 Å². The molecule has 0 spiro atoms. The molecule has 0 bridgehead atoms. The number of anilines is 1. The second kappa shape index (κ2) is 10.6. The zero-order valence-electron chi connectivity index (χ0n) is 18.6. The molecule has 0 radical (unpaired) electrons. The highest BCUT2D eigenvalue weighted by atomic mass is 19.1. The first-order valence-corrected chi connectivity index (χ1v) is 10.8.